The maximum absolute atomic E-state index is 6.17. The largest absolute Gasteiger partial charge is 0.456 e. The van der Waals surface area contributed by atoms with E-state index in [9.17, 15) is 0 Å². The zero-order chi connectivity index (χ0) is 41.0. The number of para-hydroxylation sites is 2. The summed E-state index contributed by atoms with van der Waals surface area (Å²) in [7, 11) is 0. The third-order valence-corrected chi connectivity index (χ3v) is 12.4. The molecule has 0 spiro atoms. The summed E-state index contributed by atoms with van der Waals surface area (Å²) in [6, 6.07) is 85.6. The molecule has 12 aromatic rings. The smallest absolute Gasteiger partial charge is 0.135 e. The van der Waals surface area contributed by atoms with Crippen molar-refractivity contribution in [2.24, 2.45) is 0 Å². The quantitative estimate of drug-likeness (QED) is 0.157. The van der Waals surface area contributed by atoms with Gasteiger partial charge < -0.3 is 8.98 Å². The Balaban J connectivity index is 0.999. The number of hydrogen-bond acceptors (Lipinski definition) is 1. The number of fused-ring (bicyclic) bond motifs is 6. The SMILES string of the molecule is c1ccc(-c2ccc(-c3ccc4c(c3)c3cc(-c5ccc(-c6ccccc6)cc5)ccc3n4-c3ccccc3-c3cccc(-c4ccc5oc6ccccc6c5c4)c3)cc2)cc1. The lowest BCUT2D eigenvalue weighted by Crippen LogP contribution is -1.97. The molecule has 62 heavy (non-hydrogen) atoms. The number of hydrogen-bond donors (Lipinski definition) is 0. The van der Waals surface area contributed by atoms with Gasteiger partial charge in [-0.15, -0.1) is 0 Å². The van der Waals surface area contributed by atoms with Crippen LogP contribution in [0.15, 0.2) is 241 Å². The molecule has 290 valence electrons. The minimum atomic E-state index is 0.905. The normalized spacial score (nSPS) is 11.5. The van der Waals surface area contributed by atoms with E-state index >= 15 is 0 Å². The minimum absolute atomic E-state index is 0.905. The van der Waals surface area contributed by atoms with Crippen molar-refractivity contribution in [2.45, 2.75) is 0 Å². The highest BCUT2D eigenvalue weighted by Gasteiger charge is 2.18. The van der Waals surface area contributed by atoms with Gasteiger partial charge in [-0.25, -0.2) is 0 Å². The van der Waals surface area contributed by atoms with Crippen LogP contribution in [0.5, 0.6) is 0 Å². The average molecular weight is 790 g/mol. The van der Waals surface area contributed by atoms with Gasteiger partial charge in [0.05, 0.1) is 16.7 Å². The van der Waals surface area contributed by atoms with Crippen molar-refractivity contribution >= 4 is 43.7 Å². The van der Waals surface area contributed by atoms with Crippen molar-refractivity contribution in [1.82, 2.24) is 4.57 Å². The molecule has 12 rings (SSSR count). The number of benzene rings is 10. The Kier molecular flexibility index (Phi) is 8.53. The molecule has 0 aliphatic carbocycles. The first-order valence-electron chi connectivity index (χ1n) is 21.2. The third kappa shape index (κ3) is 6.20. The second-order valence-electron chi connectivity index (χ2n) is 16.1. The standard InChI is InChI=1S/C60H39NO/c1-3-12-40(13-4-1)42-22-26-44(27-23-42)47-30-33-57-53(37-47)54-38-48(45-28-24-43(25-29-45)41-14-5-2-6-15-41)31-34-58(54)61(57)56-20-9-7-18-51(56)50-17-11-16-46(36-50)49-32-35-60-55(39-49)52-19-8-10-21-59(52)62-60/h1-39H. The van der Waals surface area contributed by atoms with Crippen molar-refractivity contribution in [3.63, 3.8) is 0 Å². The third-order valence-electron chi connectivity index (χ3n) is 12.4. The van der Waals surface area contributed by atoms with E-state index in [1.165, 1.54) is 71.9 Å². The number of rotatable bonds is 7. The van der Waals surface area contributed by atoms with Crippen LogP contribution in [-0.2, 0) is 0 Å². The van der Waals surface area contributed by atoms with Crippen molar-refractivity contribution in [3.05, 3.63) is 237 Å². The van der Waals surface area contributed by atoms with Crippen LogP contribution in [0.1, 0.15) is 0 Å². The molecule has 2 aromatic heterocycles. The van der Waals surface area contributed by atoms with Crippen molar-refractivity contribution in [2.75, 3.05) is 0 Å². The first-order valence-corrected chi connectivity index (χ1v) is 21.2. The van der Waals surface area contributed by atoms with Crippen LogP contribution in [0.2, 0.25) is 0 Å². The van der Waals surface area contributed by atoms with E-state index in [0.717, 1.165) is 44.3 Å². The van der Waals surface area contributed by atoms with E-state index in [0.29, 0.717) is 0 Å². The van der Waals surface area contributed by atoms with Gasteiger partial charge in [-0.2, -0.15) is 0 Å². The van der Waals surface area contributed by atoms with E-state index in [2.05, 4.69) is 229 Å². The summed E-state index contributed by atoms with van der Waals surface area (Å²) < 4.78 is 8.63. The summed E-state index contributed by atoms with van der Waals surface area (Å²) in [6.07, 6.45) is 0. The van der Waals surface area contributed by atoms with E-state index < -0.39 is 0 Å². The lowest BCUT2D eigenvalue weighted by Gasteiger charge is -2.15. The second kappa shape index (κ2) is 14.8. The molecular formula is C60H39NO. The summed E-state index contributed by atoms with van der Waals surface area (Å²) >= 11 is 0. The van der Waals surface area contributed by atoms with Crippen LogP contribution >= 0.6 is 0 Å². The molecule has 0 amide bonds. The van der Waals surface area contributed by atoms with Gasteiger partial charge in [0.15, 0.2) is 0 Å². The van der Waals surface area contributed by atoms with Gasteiger partial charge >= 0.3 is 0 Å². The van der Waals surface area contributed by atoms with E-state index in [1.54, 1.807) is 0 Å². The Morgan fingerprint density at radius 3 is 1.27 bits per heavy atom. The van der Waals surface area contributed by atoms with Gasteiger partial charge in [0.1, 0.15) is 11.2 Å². The molecule has 0 saturated heterocycles. The lowest BCUT2D eigenvalue weighted by atomic mass is 9.97. The maximum Gasteiger partial charge on any atom is 0.135 e. The highest BCUT2D eigenvalue weighted by molar-refractivity contribution is 6.12. The summed E-state index contributed by atoms with van der Waals surface area (Å²) in [6.45, 7) is 0. The van der Waals surface area contributed by atoms with Crippen LogP contribution < -0.4 is 0 Å². The highest BCUT2D eigenvalue weighted by Crippen LogP contribution is 2.41. The molecule has 0 fully saturated rings. The number of aromatic nitrogens is 1. The molecule has 0 radical (unpaired) electrons. The molecule has 0 atom stereocenters. The fourth-order valence-corrected chi connectivity index (χ4v) is 9.30. The molecule has 0 bridgehead atoms. The Labute approximate surface area is 360 Å². The Morgan fingerprint density at radius 1 is 0.242 bits per heavy atom. The first kappa shape index (κ1) is 35.7. The average Bonchev–Trinajstić information content (AvgIpc) is 3.89. The Hall–Kier alpha value is -8.20. The van der Waals surface area contributed by atoms with E-state index in [1.807, 2.05) is 12.1 Å². The van der Waals surface area contributed by atoms with Crippen LogP contribution in [0.3, 0.4) is 0 Å². The fraction of sp³-hybridized carbons (Fsp3) is 0. The molecule has 2 nitrogen and oxygen atoms in total. The summed E-state index contributed by atoms with van der Waals surface area (Å²) in [5.41, 5.74) is 19.6. The topological polar surface area (TPSA) is 18.1 Å². The lowest BCUT2D eigenvalue weighted by molar-refractivity contribution is 0.669. The molecule has 0 unspecified atom stereocenters. The summed E-state index contributed by atoms with van der Waals surface area (Å²) in [4.78, 5) is 0. The van der Waals surface area contributed by atoms with Crippen LogP contribution in [0, 0.1) is 0 Å². The van der Waals surface area contributed by atoms with Gasteiger partial charge in [-0.3, -0.25) is 0 Å². The molecule has 10 aromatic carbocycles. The predicted molar refractivity (Wildman–Crippen MR) is 261 cm³/mol. The van der Waals surface area contributed by atoms with Gasteiger partial charge in [0.25, 0.3) is 0 Å². The summed E-state index contributed by atoms with van der Waals surface area (Å²) in [5.74, 6) is 0. The van der Waals surface area contributed by atoms with Crippen molar-refractivity contribution in [1.29, 1.82) is 0 Å². The van der Waals surface area contributed by atoms with Crippen molar-refractivity contribution < 1.29 is 4.42 Å². The first-order chi connectivity index (χ1) is 30.7. The molecule has 2 heteroatoms. The Bertz CT molecular complexity index is 3450. The zero-order valence-electron chi connectivity index (χ0n) is 33.9. The molecule has 2 heterocycles. The van der Waals surface area contributed by atoms with Crippen molar-refractivity contribution in [3.8, 4) is 72.4 Å². The highest BCUT2D eigenvalue weighted by atomic mass is 16.3. The minimum Gasteiger partial charge on any atom is -0.456 e. The summed E-state index contributed by atoms with van der Waals surface area (Å²) in [5, 5.41) is 4.71. The molecule has 0 N–H and O–H groups in total. The van der Waals surface area contributed by atoms with Gasteiger partial charge in [-0.1, -0.05) is 182 Å². The van der Waals surface area contributed by atoms with Gasteiger partial charge in [0, 0.05) is 27.1 Å². The molecule has 0 aliphatic rings. The predicted octanol–water partition coefficient (Wildman–Crippen LogP) is 16.7. The van der Waals surface area contributed by atoms with E-state index in [4.69, 9.17) is 4.42 Å². The van der Waals surface area contributed by atoms with Crippen LogP contribution in [0.4, 0.5) is 0 Å². The monoisotopic (exact) mass is 789 g/mol. The van der Waals surface area contributed by atoms with Gasteiger partial charge in [-0.05, 0) is 116 Å². The Morgan fingerprint density at radius 2 is 0.645 bits per heavy atom. The molecular weight excluding hydrogens is 751 g/mol. The molecule has 0 saturated carbocycles. The maximum atomic E-state index is 6.17. The van der Waals surface area contributed by atoms with E-state index in [-0.39, 0.29) is 0 Å². The van der Waals surface area contributed by atoms with Crippen LogP contribution in [-0.4, -0.2) is 4.57 Å². The van der Waals surface area contributed by atoms with Gasteiger partial charge in [0.2, 0.25) is 0 Å². The zero-order valence-corrected chi connectivity index (χ0v) is 33.9. The van der Waals surface area contributed by atoms with Crippen LogP contribution in [0.25, 0.3) is 116 Å². The molecule has 0 aliphatic heterocycles. The number of nitrogens with zero attached hydrogens (tertiary/aromatic N) is 1. The number of furan rings is 1. The second-order valence-corrected chi connectivity index (χ2v) is 16.1. The fourth-order valence-electron chi connectivity index (χ4n) is 9.30.